The summed E-state index contributed by atoms with van der Waals surface area (Å²) in [7, 11) is 1.48. The monoisotopic (exact) mass is 556 g/mol. The van der Waals surface area contributed by atoms with E-state index in [0.717, 1.165) is 5.56 Å². The minimum Gasteiger partial charge on any atom is -0.495 e. The van der Waals surface area contributed by atoms with Gasteiger partial charge in [0.05, 0.1) is 23.6 Å². The lowest BCUT2D eigenvalue weighted by Crippen LogP contribution is -2.21. The summed E-state index contributed by atoms with van der Waals surface area (Å²) in [5.41, 5.74) is 8.47. The number of benzene rings is 4. The molecule has 4 aromatic carbocycles. The summed E-state index contributed by atoms with van der Waals surface area (Å²) in [6, 6.07) is 25.1. The molecule has 5 rings (SSSR count). The van der Waals surface area contributed by atoms with E-state index in [1.54, 1.807) is 54.6 Å². The lowest BCUT2D eigenvalue weighted by molar-refractivity contribution is 0.0734. The molecule has 1 aliphatic heterocycles. The number of esters is 1. The van der Waals surface area contributed by atoms with Crippen LogP contribution < -0.4 is 24.7 Å². The number of ether oxygens (including phenoxy) is 4. The van der Waals surface area contributed by atoms with E-state index in [4.69, 9.17) is 36.3 Å². The first-order valence-corrected chi connectivity index (χ1v) is 12.5. The SMILES string of the molecule is COc1ccc(C(=O)Oc2ccc3c(c2)OC(N)=C(C#N)C3c2ccc(OCc3ccccc3F)cc2)cc1Cl. The van der Waals surface area contributed by atoms with Gasteiger partial charge in [-0.05, 0) is 48.0 Å². The molecule has 0 saturated heterocycles. The summed E-state index contributed by atoms with van der Waals surface area (Å²) in [4.78, 5) is 12.7. The molecule has 4 aromatic rings. The minimum absolute atomic E-state index is 0.0507. The van der Waals surface area contributed by atoms with E-state index < -0.39 is 11.9 Å². The number of nitrogens with two attached hydrogens (primary N) is 1. The van der Waals surface area contributed by atoms with Gasteiger partial charge < -0.3 is 24.7 Å². The Labute approximate surface area is 234 Å². The zero-order chi connectivity index (χ0) is 28.2. The average molecular weight is 557 g/mol. The van der Waals surface area contributed by atoms with E-state index in [0.29, 0.717) is 28.4 Å². The lowest BCUT2D eigenvalue weighted by Gasteiger charge is -2.26. The number of nitriles is 1. The molecule has 1 unspecified atom stereocenters. The fraction of sp³-hybridized carbons (Fsp3) is 0.0968. The Morgan fingerprint density at radius 1 is 1.05 bits per heavy atom. The van der Waals surface area contributed by atoms with Crippen LogP contribution in [0.25, 0.3) is 0 Å². The van der Waals surface area contributed by atoms with Gasteiger partial charge in [0.15, 0.2) is 0 Å². The second-order valence-electron chi connectivity index (χ2n) is 8.81. The maximum Gasteiger partial charge on any atom is 0.343 e. The summed E-state index contributed by atoms with van der Waals surface area (Å²) >= 11 is 6.13. The lowest BCUT2D eigenvalue weighted by atomic mass is 9.83. The molecule has 1 aliphatic rings. The quantitative estimate of drug-likeness (QED) is 0.204. The van der Waals surface area contributed by atoms with Crippen molar-refractivity contribution in [2.45, 2.75) is 12.5 Å². The number of carbonyl (C=O) groups is 1. The number of methoxy groups -OCH3 is 1. The maximum atomic E-state index is 13.9. The molecule has 0 saturated carbocycles. The molecule has 0 bridgehead atoms. The van der Waals surface area contributed by atoms with Crippen molar-refractivity contribution in [1.29, 1.82) is 5.26 Å². The highest BCUT2D eigenvalue weighted by Crippen LogP contribution is 2.43. The van der Waals surface area contributed by atoms with Gasteiger partial charge in [-0.15, -0.1) is 0 Å². The Bertz CT molecular complexity index is 1660. The van der Waals surface area contributed by atoms with Crippen LogP contribution in [0.1, 0.15) is 33.0 Å². The van der Waals surface area contributed by atoms with Gasteiger partial charge in [-0.2, -0.15) is 5.26 Å². The second-order valence-corrected chi connectivity index (χ2v) is 9.22. The van der Waals surface area contributed by atoms with Crippen LogP contribution in [-0.4, -0.2) is 13.1 Å². The van der Waals surface area contributed by atoms with Gasteiger partial charge in [-0.25, -0.2) is 9.18 Å². The van der Waals surface area contributed by atoms with Gasteiger partial charge >= 0.3 is 5.97 Å². The molecule has 0 spiro atoms. The van der Waals surface area contributed by atoms with Crippen molar-refractivity contribution in [2.75, 3.05) is 7.11 Å². The zero-order valence-electron chi connectivity index (χ0n) is 21.2. The molecule has 1 atom stereocenters. The average Bonchev–Trinajstić information content (AvgIpc) is 2.96. The van der Waals surface area contributed by atoms with Gasteiger partial charge in [0.25, 0.3) is 0 Å². The first-order valence-electron chi connectivity index (χ1n) is 12.1. The third-order valence-electron chi connectivity index (χ3n) is 6.35. The highest BCUT2D eigenvalue weighted by molar-refractivity contribution is 6.32. The molecule has 1 heterocycles. The van der Waals surface area contributed by atoms with Crippen molar-refractivity contribution in [3.63, 3.8) is 0 Å². The van der Waals surface area contributed by atoms with Crippen molar-refractivity contribution >= 4 is 17.6 Å². The Balaban J connectivity index is 1.37. The summed E-state index contributed by atoms with van der Waals surface area (Å²) in [5, 5.41) is 10.1. The highest BCUT2D eigenvalue weighted by atomic mass is 35.5. The largest absolute Gasteiger partial charge is 0.495 e. The molecule has 9 heteroatoms. The van der Waals surface area contributed by atoms with E-state index in [9.17, 15) is 14.4 Å². The number of allylic oxidation sites excluding steroid dienone is 1. The first-order chi connectivity index (χ1) is 19.4. The van der Waals surface area contributed by atoms with Crippen LogP contribution in [0.2, 0.25) is 5.02 Å². The number of rotatable bonds is 7. The van der Waals surface area contributed by atoms with E-state index in [-0.39, 0.29) is 40.2 Å². The highest BCUT2D eigenvalue weighted by Gasteiger charge is 2.31. The van der Waals surface area contributed by atoms with Crippen LogP contribution >= 0.6 is 11.6 Å². The summed E-state index contributed by atoms with van der Waals surface area (Å²) in [6.45, 7) is 0.0760. The van der Waals surface area contributed by atoms with Crippen LogP contribution in [0.4, 0.5) is 4.39 Å². The summed E-state index contributed by atoms with van der Waals surface area (Å²) < 4.78 is 36.0. The van der Waals surface area contributed by atoms with E-state index in [1.165, 1.54) is 25.3 Å². The number of hydrogen-bond acceptors (Lipinski definition) is 7. The van der Waals surface area contributed by atoms with Gasteiger partial charge in [0, 0.05) is 17.2 Å². The minimum atomic E-state index is -0.621. The van der Waals surface area contributed by atoms with Gasteiger partial charge in [0.1, 0.15) is 47.1 Å². The van der Waals surface area contributed by atoms with Crippen LogP contribution in [0.15, 0.2) is 96.4 Å². The number of carbonyl (C=O) groups excluding carboxylic acids is 1. The Hall–Kier alpha value is -5.00. The normalized spacial score (nSPS) is 14.0. The van der Waals surface area contributed by atoms with Crippen LogP contribution in [0.5, 0.6) is 23.0 Å². The Morgan fingerprint density at radius 3 is 2.50 bits per heavy atom. The molecular formula is C31H22ClFN2O5. The third kappa shape index (κ3) is 5.41. The maximum absolute atomic E-state index is 13.9. The van der Waals surface area contributed by atoms with E-state index in [1.807, 2.05) is 12.1 Å². The van der Waals surface area contributed by atoms with Gasteiger partial charge in [-0.3, -0.25) is 0 Å². The predicted molar refractivity (Wildman–Crippen MR) is 146 cm³/mol. The molecule has 40 heavy (non-hydrogen) atoms. The molecular weight excluding hydrogens is 535 g/mol. The van der Waals surface area contributed by atoms with Crippen LogP contribution in [0, 0.1) is 17.1 Å². The smallest absolute Gasteiger partial charge is 0.343 e. The topological polar surface area (TPSA) is 104 Å². The van der Waals surface area contributed by atoms with Crippen LogP contribution in [0.3, 0.4) is 0 Å². The third-order valence-corrected chi connectivity index (χ3v) is 6.65. The molecule has 2 N–H and O–H groups in total. The zero-order valence-corrected chi connectivity index (χ0v) is 21.9. The molecule has 7 nitrogen and oxygen atoms in total. The predicted octanol–water partition coefficient (Wildman–Crippen LogP) is 6.50. The number of nitrogens with zero attached hydrogens (tertiary/aromatic N) is 1. The van der Waals surface area contributed by atoms with E-state index in [2.05, 4.69) is 6.07 Å². The molecule has 0 amide bonds. The fourth-order valence-corrected chi connectivity index (χ4v) is 4.59. The fourth-order valence-electron chi connectivity index (χ4n) is 4.33. The molecule has 0 aliphatic carbocycles. The molecule has 0 fully saturated rings. The van der Waals surface area contributed by atoms with Gasteiger partial charge in [-0.1, -0.05) is 48.0 Å². The van der Waals surface area contributed by atoms with E-state index >= 15 is 0 Å². The second kappa shape index (κ2) is 11.4. The van der Waals surface area contributed by atoms with Crippen molar-refractivity contribution in [2.24, 2.45) is 5.73 Å². The molecule has 200 valence electrons. The molecule has 0 radical (unpaired) electrons. The summed E-state index contributed by atoms with van der Waals surface area (Å²) in [5.74, 6) is 0.00484. The first kappa shape index (κ1) is 26.6. The van der Waals surface area contributed by atoms with Crippen molar-refractivity contribution in [3.8, 4) is 29.1 Å². The standard InChI is InChI=1S/C31H22ClFN2O5/c1-37-27-13-8-19(14-25(27)32)31(36)39-22-11-12-23-28(15-22)40-30(35)24(16-34)29(23)18-6-9-21(10-7-18)38-17-20-4-2-3-5-26(20)33/h2-15,29H,17,35H2,1H3. The van der Waals surface area contributed by atoms with Crippen molar-refractivity contribution in [3.05, 3.63) is 129 Å². The van der Waals surface area contributed by atoms with Gasteiger partial charge in [0.2, 0.25) is 5.88 Å². The Morgan fingerprint density at radius 2 is 1.80 bits per heavy atom. The van der Waals surface area contributed by atoms with Crippen LogP contribution in [-0.2, 0) is 6.61 Å². The Kier molecular flexibility index (Phi) is 7.58. The van der Waals surface area contributed by atoms with Crippen molar-refractivity contribution < 1.29 is 28.1 Å². The molecule has 0 aromatic heterocycles. The van der Waals surface area contributed by atoms with Crippen molar-refractivity contribution in [1.82, 2.24) is 0 Å². The summed E-state index contributed by atoms with van der Waals surface area (Å²) in [6.07, 6.45) is 0. The number of halogens is 2. The number of hydrogen-bond donors (Lipinski definition) is 1. The number of fused-ring (bicyclic) bond motifs is 1.